The lowest BCUT2D eigenvalue weighted by Gasteiger charge is -1.98. The van der Waals surface area contributed by atoms with Crippen LogP contribution in [-0.2, 0) is 0 Å². The van der Waals surface area contributed by atoms with Gasteiger partial charge in [0, 0.05) is 17.5 Å². The summed E-state index contributed by atoms with van der Waals surface area (Å²) < 4.78 is 0. The Labute approximate surface area is 121 Å². The first-order valence-electron chi connectivity index (χ1n) is 6.49. The van der Waals surface area contributed by atoms with Crippen molar-refractivity contribution in [2.45, 2.75) is 0 Å². The molecular formula is C16H13N4O+. The number of amides is 1. The maximum Gasteiger partial charge on any atom is 0.336 e. The summed E-state index contributed by atoms with van der Waals surface area (Å²) in [5.74, 6) is -0.298. The molecule has 2 aromatic heterocycles. The van der Waals surface area contributed by atoms with E-state index >= 15 is 0 Å². The number of fused-ring (bicyclic) bond motifs is 1. The lowest BCUT2D eigenvalue weighted by molar-refractivity contribution is -0.382. The summed E-state index contributed by atoms with van der Waals surface area (Å²) in [6, 6.07) is 16.9. The van der Waals surface area contributed by atoms with Crippen LogP contribution >= 0.6 is 0 Å². The number of aromatic nitrogens is 2. The van der Waals surface area contributed by atoms with Crippen molar-refractivity contribution in [2.24, 2.45) is 5.10 Å². The van der Waals surface area contributed by atoms with Gasteiger partial charge < -0.3 is 0 Å². The molecule has 0 aliphatic heterocycles. The van der Waals surface area contributed by atoms with Gasteiger partial charge in [-0.3, -0.25) is 4.79 Å². The summed E-state index contributed by atoms with van der Waals surface area (Å²) in [5.41, 5.74) is 4.48. The maximum atomic E-state index is 11.8. The number of carbonyl (C=O) groups excluding carboxylic acids is 1. The molecule has 0 saturated carbocycles. The number of pyridine rings is 2. The summed E-state index contributed by atoms with van der Waals surface area (Å²) in [7, 11) is 0. The number of para-hydroxylation sites is 1. The first-order valence-corrected chi connectivity index (χ1v) is 6.49. The lowest BCUT2D eigenvalue weighted by atomic mass is 10.2. The number of benzene rings is 1. The zero-order chi connectivity index (χ0) is 14.5. The van der Waals surface area contributed by atoms with Gasteiger partial charge in [0.15, 0.2) is 6.20 Å². The molecule has 2 N–H and O–H groups in total. The molecule has 0 aliphatic carbocycles. The predicted molar refractivity (Wildman–Crippen MR) is 79.8 cm³/mol. The fourth-order valence-corrected chi connectivity index (χ4v) is 1.91. The van der Waals surface area contributed by atoms with Gasteiger partial charge in [0.2, 0.25) is 0 Å². The Morgan fingerprint density at radius 1 is 1.10 bits per heavy atom. The lowest BCUT2D eigenvalue weighted by Crippen LogP contribution is -2.25. The quantitative estimate of drug-likeness (QED) is 0.586. The van der Waals surface area contributed by atoms with Crippen LogP contribution in [0, 0.1) is 0 Å². The highest BCUT2D eigenvalue weighted by Gasteiger charge is 2.09. The van der Waals surface area contributed by atoms with Crippen LogP contribution in [0.1, 0.15) is 16.2 Å². The van der Waals surface area contributed by atoms with Gasteiger partial charge in [-0.25, -0.2) is 15.4 Å². The molecule has 102 valence electrons. The zero-order valence-electron chi connectivity index (χ0n) is 11.2. The molecule has 1 amide bonds. The van der Waals surface area contributed by atoms with E-state index < -0.39 is 0 Å². The molecule has 2 heterocycles. The Morgan fingerprint density at radius 3 is 2.81 bits per heavy atom. The van der Waals surface area contributed by atoms with E-state index in [2.05, 4.69) is 20.5 Å². The Balaban J connectivity index is 1.71. The van der Waals surface area contributed by atoms with Crippen molar-refractivity contribution in [3.8, 4) is 0 Å². The van der Waals surface area contributed by atoms with Crippen molar-refractivity contribution in [1.29, 1.82) is 0 Å². The van der Waals surface area contributed by atoms with Gasteiger partial charge in [-0.2, -0.15) is 5.10 Å². The molecule has 0 radical (unpaired) electrons. The highest BCUT2D eigenvalue weighted by molar-refractivity contribution is 5.91. The van der Waals surface area contributed by atoms with Crippen LogP contribution in [-0.4, -0.2) is 17.1 Å². The summed E-state index contributed by atoms with van der Waals surface area (Å²) in [6.07, 6.45) is 3.21. The molecule has 5 heteroatoms. The highest BCUT2D eigenvalue weighted by atomic mass is 16.2. The van der Waals surface area contributed by atoms with E-state index in [1.54, 1.807) is 24.4 Å². The molecule has 0 fully saturated rings. The minimum atomic E-state index is -0.298. The number of H-pyrrole nitrogens is 1. The number of hydrogen-bond acceptors (Lipinski definition) is 3. The van der Waals surface area contributed by atoms with E-state index in [-0.39, 0.29) is 5.91 Å². The third-order valence-electron chi connectivity index (χ3n) is 2.94. The van der Waals surface area contributed by atoms with Gasteiger partial charge in [0.1, 0.15) is 0 Å². The van der Waals surface area contributed by atoms with Crippen LogP contribution in [0.5, 0.6) is 0 Å². The van der Waals surface area contributed by atoms with E-state index in [4.69, 9.17) is 0 Å². The average Bonchev–Trinajstić information content (AvgIpc) is 2.55. The fraction of sp³-hybridized carbons (Fsp3) is 0. The molecule has 1 aromatic carbocycles. The van der Waals surface area contributed by atoms with Gasteiger partial charge in [0.05, 0.1) is 17.4 Å². The normalized spacial score (nSPS) is 10.9. The Bertz CT molecular complexity index is 799. The van der Waals surface area contributed by atoms with Crippen molar-refractivity contribution < 1.29 is 9.78 Å². The third kappa shape index (κ3) is 3.09. The average molecular weight is 277 g/mol. The molecule has 0 spiro atoms. The number of carbonyl (C=O) groups is 1. The third-order valence-corrected chi connectivity index (χ3v) is 2.94. The highest BCUT2D eigenvalue weighted by Crippen LogP contribution is 2.10. The van der Waals surface area contributed by atoms with Crippen LogP contribution in [0.3, 0.4) is 0 Å². The molecule has 0 saturated heterocycles. The molecule has 0 unspecified atom stereocenters. The summed E-state index contributed by atoms with van der Waals surface area (Å²) in [4.78, 5) is 19.0. The van der Waals surface area contributed by atoms with Crippen LogP contribution in [0.2, 0.25) is 0 Å². The van der Waals surface area contributed by atoms with E-state index in [1.807, 2.05) is 36.4 Å². The minimum absolute atomic E-state index is 0.298. The smallest absolute Gasteiger partial charge is 0.260 e. The zero-order valence-corrected chi connectivity index (χ0v) is 11.2. The van der Waals surface area contributed by atoms with E-state index in [1.165, 1.54) is 6.21 Å². The first kappa shape index (κ1) is 12.9. The molecule has 21 heavy (non-hydrogen) atoms. The number of nitrogens with one attached hydrogen (secondary N) is 2. The van der Waals surface area contributed by atoms with Gasteiger partial charge in [0.25, 0.3) is 5.69 Å². The number of nitrogens with zero attached hydrogens (tertiary/aromatic N) is 2. The molecule has 0 atom stereocenters. The molecule has 3 aromatic rings. The predicted octanol–water partition coefficient (Wildman–Crippen LogP) is 1.81. The Hall–Kier alpha value is -3.08. The van der Waals surface area contributed by atoms with Gasteiger partial charge in [-0.15, -0.1) is 0 Å². The van der Waals surface area contributed by atoms with Crippen molar-refractivity contribution in [1.82, 2.24) is 10.4 Å². The second-order valence-corrected chi connectivity index (χ2v) is 4.40. The monoisotopic (exact) mass is 277 g/mol. The van der Waals surface area contributed by atoms with E-state index in [0.717, 1.165) is 10.9 Å². The molecule has 0 aliphatic rings. The Kier molecular flexibility index (Phi) is 3.64. The fourth-order valence-electron chi connectivity index (χ4n) is 1.91. The van der Waals surface area contributed by atoms with Crippen LogP contribution in [0.25, 0.3) is 10.9 Å². The summed E-state index contributed by atoms with van der Waals surface area (Å²) in [6.45, 7) is 0. The molecule has 0 bridgehead atoms. The number of hydrogen-bond donors (Lipinski definition) is 1. The topological polar surface area (TPSA) is 68.5 Å². The van der Waals surface area contributed by atoms with Gasteiger partial charge in [-0.1, -0.05) is 24.3 Å². The second-order valence-electron chi connectivity index (χ2n) is 4.40. The van der Waals surface area contributed by atoms with Crippen molar-refractivity contribution in [3.63, 3.8) is 0 Å². The SMILES string of the molecule is O=C(N/N=C\c1ccc2ccccc2n1)c1cccc[nH+]1. The van der Waals surface area contributed by atoms with E-state index in [0.29, 0.717) is 11.4 Å². The van der Waals surface area contributed by atoms with Gasteiger partial charge >= 0.3 is 5.91 Å². The van der Waals surface area contributed by atoms with Crippen molar-refractivity contribution in [2.75, 3.05) is 0 Å². The molecule has 5 nitrogen and oxygen atoms in total. The van der Waals surface area contributed by atoms with Crippen LogP contribution in [0.15, 0.2) is 65.9 Å². The van der Waals surface area contributed by atoms with E-state index in [9.17, 15) is 4.79 Å². The van der Waals surface area contributed by atoms with Crippen molar-refractivity contribution >= 4 is 23.0 Å². The molecular weight excluding hydrogens is 264 g/mol. The standard InChI is InChI=1S/C16H12N4O/c21-16(15-7-3-4-10-17-15)20-18-11-13-9-8-12-5-1-2-6-14(12)19-13/h1-11H,(H,20,21)/p+1/b18-11-. The number of hydrazone groups is 1. The number of rotatable bonds is 3. The first-order chi connectivity index (χ1) is 10.3. The molecule has 3 rings (SSSR count). The Morgan fingerprint density at radius 2 is 1.95 bits per heavy atom. The second kappa shape index (κ2) is 5.92. The van der Waals surface area contributed by atoms with Crippen molar-refractivity contribution in [3.05, 3.63) is 72.2 Å². The largest absolute Gasteiger partial charge is 0.336 e. The summed E-state index contributed by atoms with van der Waals surface area (Å²) in [5, 5.41) is 4.98. The summed E-state index contributed by atoms with van der Waals surface area (Å²) >= 11 is 0. The maximum absolute atomic E-state index is 11.8. The minimum Gasteiger partial charge on any atom is -0.260 e. The van der Waals surface area contributed by atoms with Gasteiger partial charge in [-0.05, 0) is 18.2 Å². The number of aromatic amines is 1. The van der Waals surface area contributed by atoms with Crippen LogP contribution in [0.4, 0.5) is 0 Å². The van der Waals surface area contributed by atoms with Crippen LogP contribution < -0.4 is 10.4 Å².